The fourth-order valence-corrected chi connectivity index (χ4v) is 2.33. The van der Waals surface area contributed by atoms with Crippen LogP contribution in [0.4, 0.5) is 0 Å². The third-order valence-corrected chi connectivity index (χ3v) is 3.21. The summed E-state index contributed by atoms with van der Waals surface area (Å²) in [5, 5.41) is 2.84. The lowest BCUT2D eigenvalue weighted by atomic mass is 9.83. The molecule has 2 rings (SSSR count). The van der Waals surface area contributed by atoms with Gasteiger partial charge in [-0.2, -0.15) is 0 Å². The van der Waals surface area contributed by atoms with E-state index in [0.29, 0.717) is 11.9 Å². The van der Waals surface area contributed by atoms with Crippen LogP contribution in [-0.4, -0.2) is 16.6 Å². The number of pyridine rings is 1. The second kappa shape index (κ2) is 5.40. The highest BCUT2D eigenvalue weighted by Gasteiger charge is 2.36. The molecule has 0 saturated carbocycles. The molecule has 5 N–H and O–H groups in total. The molecule has 2 heterocycles. The van der Waals surface area contributed by atoms with Crippen LogP contribution in [0.3, 0.4) is 0 Å². The van der Waals surface area contributed by atoms with Crippen molar-refractivity contribution in [3.8, 4) is 0 Å². The Morgan fingerprint density at radius 2 is 2.16 bits per heavy atom. The van der Waals surface area contributed by atoms with Gasteiger partial charge < -0.3 is 16.8 Å². The third-order valence-electron chi connectivity index (χ3n) is 3.21. The molecule has 0 radical (unpaired) electrons. The number of aromatic nitrogens is 1. The van der Waals surface area contributed by atoms with Gasteiger partial charge in [-0.15, -0.1) is 0 Å². The van der Waals surface area contributed by atoms with Gasteiger partial charge in [0.2, 0.25) is 0 Å². The average molecular weight is 259 g/mol. The first kappa shape index (κ1) is 13.5. The molecule has 1 aromatic heterocycles. The molecule has 1 aliphatic rings. The Morgan fingerprint density at radius 3 is 2.74 bits per heavy atom. The Kier molecular flexibility index (Phi) is 3.85. The van der Waals surface area contributed by atoms with Crippen molar-refractivity contribution in [3.05, 3.63) is 42.4 Å². The Hall–Kier alpha value is -1.88. The molecular weight excluding hydrogens is 238 g/mol. The maximum absolute atomic E-state index is 6.44. The van der Waals surface area contributed by atoms with E-state index in [1.54, 1.807) is 12.4 Å². The van der Waals surface area contributed by atoms with Crippen LogP contribution in [0.1, 0.15) is 31.9 Å². The maximum atomic E-state index is 6.44. The molecule has 2 unspecified atom stereocenters. The number of nitrogens with two attached hydrogens (primary N) is 2. The van der Waals surface area contributed by atoms with E-state index in [1.165, 1.54) is 0 Å². The first-order valence-corrected chi connectivity index (χ1v) is 6.50. The number of hydrogen-bond acceptors (Lipinski definition) is 5. The number of nitrogens with one attached hydrogen (secondary N) is 1. The lowest BCUT2D eigenvalue weighted by molar-refractivity contribution is 0.362. The molecule has 102 valence electrons. The fraction of sp³-hybridized carbons (Fsp3) is 0.429. The van der Waals surface area contributed by atoms with E-state index in [2.05, 4.69) is 29.1 Å². The van der Waals surface area contributed by atoms with Crippen LogP contribution >= 0.6 is 0 Å². The summed E-state index contributed by atoms with van der Waals surface area (Å²) in [6, 6.07) is 5.86. The van der Waals surface area contributed by atoms with Gasteiger partial charge in [0.1, 0.15) is 5.66 Å². The minimum atomic E-state index is -0.839. The average Bonchev–Trinajstić information content (AvgIpc) is 2.36. The molecule has 0 amide bonds. The minimum absolute atomic E-state index is 0.00519. The third kappa shape index (κ3) is 3.12. The Morgan fingerprint density at radius 1 is 1.37 bits per heavy atom. The van der Waals surface area contributed by atoms with E-state index in [1.807, 2.05) is 24.3 Å². The first-order valence-electron chi connectivity index (χ1n) is 6.50. The summed E-state index contributed by atoms with van der Waals surface area (Å²) in [7, 11) is 0. The molecule has 2 atom stereocenters. The molecule has 0 spiro atoms. The monoisotopic (exact) mass is 259 g/mol. The van der Waals surface area contributed by atoms with Crippen LogP contribution < -0.4 is 16.8 Å². The van der Waals surface area contributed by atoms with Crippen LogP contribution in [0.15, 0.2) is 41.7 Å². The van der Waals surface area contributed by atoms with Crippen molar-refractivity contribution in [2.75, 3.05) is 0 Å². The second-order valence-electron chi connectivity index (χ2n) is 5.30. The number of guanidine groups is 1. The standard InChI is InChI=1S/C14H21N5/c1-10(2)9-11(12-5-3-4-7-17-12)14(16)6-8-18-13(15)19-14/h3-8,10-11H,9,16H2,1-2H3,(H3,15,18,19). The van der Waals surface area contributed by atoms with Crippen molar-refractivity contribution in [2.45, 2.75) is 31.8 Å². The Labute approximate surface area is 113 Å². The van der Waals surface area contributed by atoms with E-state index in [0.717, 1.165) is 12.1 Å². The highest BCUT2D eigenvalue weighted by Crippen LogP contribution is 2.34. The quantitative estimate of drug-likeness (QED) is 0.760. The highest BCUT2D eigenvalue weighted by molar-refractivity contribution is 5.80. The van der Waals surface area contributed by atoms with Crippen LogP contribution in [-0.2, 0) is 0 Å². The summed E-state index contributed by atoms with van der Waals surface area (Å²) in [5.74, 6) is 0.840. The summed E-state index contributed by atoms with van der Waals surface area (Å²) < 4.78 is 0. The fourth-order valence-electron chi connectivity index (χ4n) is 2.33. The largest absolute Gasteiger partial charge is 0.370 e. The van der Waals surface area contributed by atoms with E-state index >= 15 is 0 Å². The SMILES string of the molecule is CC(C)CC(c1ccccn1)C1(N)C=CNC(N)=N1. The maximum Gasteiger partial charge on any atom is 0.194 e. The number of rotatable bonds is 4. The zero-order valence-corrected chi connectivity index (χ0v) is 11.4. The van der Waals surface area contributed by atoms with Crippen molar-refractivity contribution in [3.63, 3.8) is 0 Å². The number of hydrogen-bond donors (Lipinski definition) is 3. The van der Waals surface area contributed by atoms with E-state index in [4.69, 9.17) is 11.5 Å². The molecule has 19 heavy (non-hydrogen) atoms. The zero-order chi connectivity index (χ0) is 13.9. The van der Waals surface area contributed by atoms with E-state index < -0.39 is 5.66 Å². The van der Waals surface area contributed by atoms with Crippen LogP contribution in [0.5, 0.6) is 0 Å². The molecule has 0 fully saturated rings. The van der Waals surface area contributed by atoms with Gasteiger partial charge in [0.05, 0.1) is 0 Å². The molecule has 5 heteroatoms. The highest BCUT2D eigenvalue weighted by atomic mass is 15.2. The lowest BCUT2D eigenvalue weighted by Gasteiger charge is -2.34. The molecule has 1 aliphatic heterocycles. The van der Waals surface area contributed by atoms with Gasteiger partial charge in [-0.25, -0.2) is 4.99 Å². The van der Waals surface area contributed by atoms with Gasteiger partial charge in [0, 0.05) is 24.0 Å². The van der Waals surface area contributed by atoms with Gasteiger partial charge in [-0.3, -0.25) is 4.98 Å². The molecule has 0 aromatic carbocycles. The molecule has 1 aromatic rings. The zero-order valence-electron chi connectivity index (χ0n) is 11.4. The predicted octanol–water partition coefficient (Wildman–Crippen LogP) is 1.30. The predicted molar refractivity (Wildman–Crippen MR) is 77.2 cm³/mol. The van der Waals surface area contributed by atoms with E-state index in [-0.39, 0.29) is 5.92 Å². The van der Waals surface area contributed by atoms with Crippen LogP contribution in [0.2, 0.25) is 0 Å². The van der Waals surface area contributed by atoms with Crippen molar-refractivity contribution in [2.24, 2.45) is 22.4 Å². The summed E-state index contributed by atoms with van der Waals surface area (Å²) in [5.41, 5.74) is 12.3. The van der Waals surface area contributed by atoms with Crippen molar-refractivity contribution >= 4 is 5.96 Å². The smallest absolute Gasteiger partial charge is 0.194 e. The number of aliphatic imine (C=N–C) groups is 1. The molecule has 5 nitrogen and oxygen atoms in total. The topological polar surface area (TPSA) is 89.3 Å². The van der Waals surface area contributed by atoms with Gasteiger partial charge in [-0.1, -0.05) is 19.9 Å². The summed E-state index contributed by atoms with van der Waals surface area (Å²) in [4.78, 5) is 8.81. The van der Waals surface area contributed by atoms with Crippen molar-refractivity contribution < 1.29 is 0 Å². The van der Waals surface area contributed by atoms with Gasteiger partial charge >= 0.3 is 0 Å². The van der Waals surface area contributed by atoms with Gasteiger partial charge in [0.25, 0.3) is 0 Å². The van der Waals surface area contributed by atoms with Crippen molar-refractivity contribution in [1.29, 1.82) is 0 Å². The minimum Gasteiger partial charge on any atom is -0.370 e. The molecule has 0 saturated heterocycles. The van der Waals surface area contributed by atoms with E-state index in [9.17, 15) is 0 Å². The Bertz CT molecular complexity index is 480. The molecular formula is C14H21N5. The van der Waals surface area contributed by atoms with Gasteiger partial charge in [-0.05, 0) is 30.5 Å². The van der Waals surface area contributed by atoms with Crippen molar-refractivity contribution in [1.82, 2.24) is 10.3 Å². The number of nitrogens with zero attached hydrogens (tertiary/aromatic N) is 2. The summed E-state index contributed by atoms with van der Waals surface area (Å²) >= 11 is 0. The first-order chi connectivity index (χ1) is 9.01. The van der Waals surface area contributed by atoms with Crippen LogP contribution in [0.25, 0.3) is 0 Å². The summed E-state index contributed by atoms with van der Waals surface area (Å²) in [6.07, 6.45) is 6.28. The molecule has 0 aliphatic carbocycles. The lowest BCUT2D eigenvalue weighted by Crippen LogP contribution is -2.49. The normalized spacial score (nSPS) is 23.9. The van der Waals surface area contributed by atoms with Gasteiger partial charge in [0.15, 0.2) is 5.96 Å². The van der Waals surface area contributed by atoms with Crippen LogP contribution in [0, 0.1) is 5.92 Å². The molecule has 0 bridgehead atoms. The Balaban J connectivity index is 2.38. The second-order valence-corrected chi connectivity index (χ2v) is 5.30. The summed E-state index contributed by atoms with van der Waals surface area (Å²) in [6.45, 7) is 4.33.